The van der Waals surface area contributed by atoms with Crippen molar-refractivity contribution in [3.8, 4) is 11.8 Å². The lowest BCUT2D eigenvalue weighted by molar-refractivity contribution is 0.433. The highest BCUT2D eigenvalue weighted by Gasteiger charge is 2.09. The number of nitrogens with two attached hydrogens (primary N) is 1. The first-order valence-corrected chi connectivity index (χ1v) is 5.51. The topological polar surface area (TPSA) is 66.0 Å². The molecule has 6 heteroatoms. The van der Waals surface area contributed by atoms with E-state index in [4.69, 9.17) is 10.5 Å². The molecule has 2 N–H and O–H groups in total. The molecule has 2 aromatic rings. The van der Waals surface area contributed by atoms with Crippen molar-refractivity contribution in [3.63, 3.8) is 0 Å². The number of hydrogen-bond donors (Lipinski definition) is 1. The van der Waals surface area contributed by atoms with Crippen molar-refractivity contribution >= 4 is 15.9 Å². The summed E-state index contributed by atoms with van der Waals surface area (Å²) in [4.78, 5) is 3.99. The van der Waals surface area contributed by atoms with Gasteiger partial charge in [0.2, 0.25) is 0 Å². The number of nitrogens with zero attached hydrogens (tertiary/aromatic N) is 3. The molecule has 0 bridgehead atoms. The Hall–Kier alpha value is -1.40. The molecule has 0 amide bonds. The summed E-state index contributed by atoms with van der Waals surface area (Å²) in [5, 5.41) is 4.04. The zero-order valence-corrected chi connectivity index (χ0v) is 10.3. The van der Waals surface area contributed by atoms with E-state index in [9.17, 15) is 0 Å². The number of aryl methyl sites for hydroxylation is 1. The zero-order valence-electron chi connectivity index (χ0n) is 8.72. The van der Waals surface area contributed by atoms with Crippen molar-refractivity contribution in [2.45, 2.75) is 6.54 Å². The SMILES string of the molecule is Cn1cnc(Oc2cccc(Br)c2CN)n1. The van der Waals surface area contributed by atoms with E-state index in [2.05, 4.69) is 26.0 Å². The van der Waals surface area contributed by atoms with Gasteiger partial charge in [-0.05, 0) is 12.1 Å². The first-order chi connectivity index (χ1) is 7.70. The van der Waals surface area contributed by atoms with Gasteiger partial charge in [0, 0.05) is 23.6 Å². The van der Waals surface area contributed by atoms with Crippen LogP contribution in [-0.2, 0) is 13.6 Å². The van der Waals surface area contributed by atoms with Crippen LogP contribution in [-0.4, -0.2) is 14.8 Å². The maximum atomic E-state index is 5.65. The largest absolute Gasteiger partial charge is 0.423 e. The van der Waals surface area contributed by atoms with Crippen LogP contribution in [0.4, 0.5) is 0 Å². The summed E-state index contributed by atoms with van der Waals surface area (Å²) in [6.07, 6.45) is 1.58. The van der Waals surface area contributed by atoms with Crippen LogP contribution >= 0.6 is 15.9 Å². The molecular weight excluding hydrogens is 272 g/mol. The van der Waals surface area contributed by atoms with E-state index in [1.54, 1.807) is 18.1 Å². The fraction of sp³-hybridized carbons (Fsp3) is 0.200. The van der Waals surface area contributed by atoms with E-state index in [-0.39, 0.29) is 0 Å². The Bertz CT molecular complexity index is 497. The molecule has 84 valence electrons. The lowest BCUT2D eigenvalue weighted by atomic mass is 10.2. The number of halogens is 1. The van der Waals surface area contributed by atoms with E-state index >= 15 is 0 Å². The van der Waals surface area contributed by atoms with Crippen LogP contribution in [0.25, 0.3) is 0 Å². The molecule has 0 spiro atoms. The second-order valence-corrected chi connectivity index (χ2v) is 4.08. The fourth-order valence-corrected chi connectivity index (χ4v) is 1.81. The summed E-state index contributed by atoms with van der Waals surface area (Å²) >= 11 is 3.42. The van der Waals surface area contributed by atoms with Gasteiger partial charge in [-0.1, -0.05) is 22.0 Å². The van der Waals surface area contributed by atoms with Gasteiger partial charge < -0.3 is 10.5 Å². The van der Waals surface area contributed by atoms with Gasteiger partial charge in [-0.15, -0.1) is 5.10 Å². The third kappa shape index (κ3) is 2.23. The fourth-order valence-electron chi connectivity index (χ4n) is 1.30. The average Bonchev–Trinajstić information content (AvgIpc) is 2.64. The van der Waals surface area contributed by atoms with E-state index < -0.39 is 0 Å². The van der Waals surface area contributed by atoms with Gasteiger partial charge in [0.1, 0.15) is 12.1 Å². The number of benzene rings is 1. The van der Waals surface area contributed by atoms with Crippen molar-refractivity contribution in [2.24, 2.45) is 12.8 Å². The van der Waals surface area contributed by atoms with Gasteiger partial charge >= 0.3 is 6.01 Å². The standard InChI is InChI=1S/C10H11BrN4O/c1-15-6-13-10(14-15)16-9-4-2-3-8(11)7(9)5-12/h2-4,6H,5,12H2,1H3. The number of aromatic nitrogens is 3. The van der Waals surface area contributed by atoms with Crippen molar-refractivity contribution in [2.75, 3.05) is 0 Å². The second-order valence-electron chi connectivity index (χ2n) is 3.22. The van der Waals surface area contributed by atoms with Crippen LogP contribution in [0.15, 0.2) is 29.0 Å². The highest BCUT2D eigenvalue weighted by atomic mass is 79.9. The first-order valence-electron chi connectivity index (χ1n) is 4.71. The molecule has 0 saturated carbocycles. The summed E-state index contributed by atoms with van der Waals surface area (Å²) in [6.45, 7) is 0.392. The van der Waals surface area contributed by atoms with E-state index in [0.717, 1.165) is 10.0 Å². The molecule has 2 rings (SSSR count). The number of rotatable bonds is 3. The molecule has 0 aliphatic rings. The minimum absolute atomic E-state index is 0.315. The minimum atomic E-state index is 0.315. The lowest BCUT2D eigenvalue weighted by Gasteiger charge is -2.08. The number of hydrogen-bond acceptors (Lipinski definition) is 4. The van der Waals surface area contributed by atoms with Crippen molar-refractivity contribution < 1.29 is 4.74 Å². The van der Waals surface area contributed by atoms with Crippen LogP contribution in [0.2, 0.25) is 0 Å². The Morgan fingerprint density at radius 1 is 1.50 bits per heavy atom. The van der Waals surface area contributed by atoms with Crippen LogP contribution in [0.5, 0.6) is 11.8 Å². The maximum absolute atomic E-state index is 5.65. The molecule has 0 aliphatic heterocycles. The molecule has 16 heavy (non-hydrogen) atoms. The summed E-state index contributed by atoms with van der Waals surface area (Å²) in [6, 6.07) is 5.95. The molecule has 0 radical (unpaired) electrons. The van der Waals surface area contributed by atoms with Crippen molar-refractivity contribution in [3.05, 3.63) is 34.6 Å². The Balaban J connectivity index is 2.30. The highest BCUT2D eigenvalue weighted by Crippen LogP contribution is 2.28. The average molecular weight is 283 g/mol. The van der Waals surface area contributed by atoms with Gasteiger partial charge in [-0.3, -0.25) is 4.68 Å². The highest BCUT2D eigenvalue weighted by molar-refractivity contribution is 9.10. The molecule has 0 saturated heterocycles. The van der Waals surface area contributed by atoms with E-state index in [1.807, 2.05) is 18.2 Å². The predicted molar refractivity (Wildman–Crippen MR) is 63.1 cm³/mol. The number of ether oxygens (including phenoxy) is 1. The maximum Gasteiger partial charge on any atom is 0.340 e. The Morgan fingerprint density at radius 2 is 2.31 bits per heavy atom. The van der Waals surface area contributed by atoms with Crippen molar-refractivity contribution in [1.29, 1.82) is 0 Å². The summed E-state index contributed by atoms with van der Waals surface area (Å²) in [7, 11) is 1.78. The molecule has 0 unspecified atom stereocenters. The minimum Gasteiger partial charge on any atom is -0.423 e. The van der Waals surface area contributed by atoms with Gasteiger partial charge in [0.25, 0.3) is 0 Å². The Kier molecular flexibility index (Phi) is 3.21. The molecule has 1 heterocycles. The molecule has 0 atom stereocenters. The van der Waals surface area contributed by atoms with E-state index in [1.165, 1.54) is 0 Å². The van der Waals surface area contributed by atoms with E-state index in [0.29, 0.717) is 18.3 Å². The predicted octanol–water partition coefficient (Wildman–Crippen LogP) is 1.83. The van der Waals surface area contributed by atoms with Crippen molar-refractivity contribution in [1.82, 2.24) is 14.8 Å². The van der Waals surface area contributed by atoms with Gasteiger partial charge in [-0.25, -0.2) is 0 Å². The quantitative estimate of drug-likeness (QED) is 0.933. The molecule has 1 aromatic carbocycles. The lowest BCUT2D eigenvalue weighted by Crippen LogP contribution is -2.01. The molecule has 5 nitrogen and oxygen atoms in total. The zero-order chi connectivity index (χ0) is 11.5. The molecule has 0 aliphatic carbocycles. The van der Waals surface area contributed by atoms with Gasteiger partial charge in [-0.2, -0.15) is 4.98 Å². The van der Waals surface area contributed by atoms with Crippen LogP contribution < -0.4 is 10.5 Å². The van der Waals surface area contributed by atoms with Gasteiger partial charge in [0.05, 0.1) is 0 Å². The van der Waals surface area contributed by atoms with Crippen LogP contribution in [0, 0.1) is 0 Å². The smallest absolute Gasteiger partial charge is 0.340 e. The molecule has 1 aromatic heterocycles. The third-order valence-corrected chi connectivity index (χ3v) is 2.80. The first kappa shape index (κ1) is 11.1. The van der Waals surface area contributed by atoms with Crippen LogP contribution in [0.3, 0.4) is 0 Å². The Morgan fingerprint density at radius 3 is 2.94 bits per heavy atom. The monoisotopic (exact) mass is 282 g/mol. The third-order valence-electron chi connectivity index (χ3n) is 2.06. The molecular formula is C10H11BrN4O. The Labute approximate surface area is 101 Å². The summed E-state index contributed by atoms with van der Waals surface area (Å²) < 4.78 is 8.05. The summed E-state index contributed by atoms with van der Waals surface area (Å²) in [5.74, 6) is 0.670. The normalized spacial score (nSPS) is 10.4. The van der Waals surface area contributed by atoms with Gasteiger partial charge in [0.15, 0.2) is 0 Å². The second kappa shape index (κ2) is 4.63. The molecule has 0 fully saturated rings. The summed E-state index contributed by atoms with van der Waals surface area (Å²) in [5.41, 5.74) is 6.55. The van der Waals surface area contributed by atoms with Crippen LogP contribution in [0.1, 0.15) is 5.56 Å².